The molecule has 0 N–H and O–H groups in total. The summed E-state index contributed by atoms with van der Waals surface area (Å²) in [6, 6.07) is 10.7. The van der Waals surface area contributed by atoms with Gasteiger partial charge in [-0.15, -0.1) is 22.3 Å². The molecule has 1 amide bonds. The van der Waals surface area contributed by atoms with Crippen LogP contribution in [0.25, 0.3) is 0 Å². The standard InChI is InChI=1S/C21H22ClN3O3S2/c1-2-11-25(14-16-7-8-19(22)29-16)21(26)15-9-12-24(13-10-15)20-17-5-3-4-6-18(17)30(27,28)23-20/h2-8,15H,1,9-14H2. The van der Waals surface area contributed by atoms with Gasteiger partial charge in [-0.1, -0.05) is 29.8 Å². The third-order valence-corrected chi connectivity index (χ3v) is 7.93. The molecule has 0 unspecified atom stereocenters. The lowest BCUT2D eigenvalue weighted by Crippen LogP contribution is -2.44. The number of carbonyl (C=O) groups excluding carboxylic acids is 1. The Kier molecular flexibility index (Phi) is 5.99. The first-order valence-corrected chi connectivity index (χ1v) is 12.4. The van der Waals surface area contributed by atoms with Crippen molar-refractivity contribution >= 4 is 44.7 Å². The van der Waals surface area contributed by atoms with E-state index in [1.165, 1.54) is 11.3 Å². The minimum absolute atomic E-state index is 0.0976. The van der Waals surface area contributed by atoms with Gasteiger partial charge in [-0.25, -0.2) is 0 Å². The van der Waals surface area contributed by atoms with Gasteiger partial charge in [0.05, 0.1) is 10.9 Å². The number of hydrogen-bond donors (Lipinski definition) is 0. The van der Waals surface area contributed by atoms with Crippen molar-refractivity contribution in [1.29, 1.82) is 0 Å². The number of thiophene rings is 1. The number of sulfonamides is 1. The zero-order valence-electron chi connectivity index (χ0n) is 16.3. The average molecular weight is 464 g/mol. The fourth-order valence-electron chi connectivity index (χ4n) is 3.93. The number of fused-ring (bicyclic) bond motifs is 1. The van der Waals surface area contributed by atoms with Crippen LogP contribution in [0.3, 0.4) is 0 Å². The summed E-state index contributed by atoms with van der Waals surface area (Å²) in [7, 11) is -3.64. The minimum Gasteiger partial charge on any atom is -0.355 e. The normalized spacial score (nSPS) is 18.0. The zero-order chi connectivity index (χ0) is 21.3. The molecule has 0 saturated carbocycles. The summed E-state index contributed by atoms with van der Waals surface area (Å²) < 4.78 is 29.3. The predicted octanol–water partition coefficient (Wildman–Crippen LogP) is 3.78. The van der Waals surface area contributed by atoms with E-state index < -0.39 is 10.0 Å². The Labute approximate surface area is 185 Å². The van der Waals surface area contributed by atoms with Crippen molar-refractivity contribution in [1.82, 2.24) is 9.80 Å². The predicted molar refractivity (Wildman–Crippen MR) is 119 cm³/mol. The summed E-state index contributed by atoms with van der Waals surface area (Å²) in [6.45, 7) is 5.95. The van der Waals surface area contributed by atoms with Gasteiger partial charge in [-0.3, -0.25) is 4.79 Å². The molecule has 2 aliphatic rings. The van der Waals surface area contributed by atoms with E-state index in [2.05, 4.69) is 11.0 Å². The molecule has 158 valence electrons. The van der Waals surface area contributed by atoms with Crippen molar-refractivity contribution in [2.75, 3.05) is 19.6 Å². The van der Waals surface area contributed by atoms with Crippen LogP contribution in [-0.4, -0.2) is 49.6 Å². The maximum absolute atomic E-state index is 13.1. The lowest BCUT2D eigenvalue weighted by atomic mass is 9.94. The van der Waals surface area contributed by atoms with E-state index in [0.29, 0.717) is 54.8 Å². The summed E-state index contributed by atoms with van der Waals surface area (Å²) >= 11 is 7.49. The maximum Gasteiger partial charge on any atom is 0.285 e. The fourth-order valence-corrected chi connectivity index (χ4v) is 6.26. The molecule has 0 aliphatic carbocycles. The molecule has 3 heterocycles. The van der Waals surface area contributed by atoms with Crippen molar-refractivity contribution in [2.45, 2.75) is 24.3 Å². The van der Waals surface area contributed by atoms with Crippen LogP contribution in [0.4, 0.5) is 0 Å². The van der Waals surface area contributed by atoms with Crippen molar-refractivity contribution in [3.8, 4) is 0 Å². The summed E-state index contributed by atoms with van der Waals surface area (Å²) in [5.74, 6) is 0.485. The number of benzene rings is 1. The number of amidine groups is 1. The smallest absolute Gasteiger partial charge is 0.285 e. The van der Waals surface area contributed by atoms with Crippen molar-refractivity contribution in [3.63, 3.8) is 0 Å². The third kappa shape index (κ3) is 4.17. The quantitative estimate of drug-likeness (QED) is 0.633. The molecule has 2 aliphatic heterocycles. The van der Waals surface area contributed by atoms with Crippen molar-refractivity contribution < 1.29 is 13.2 Å². The van der Waals surface area contributed by atoms with Crippen molar-refractivity contribution in [3.05, 3.63) is 63.8 Å². The van der Waals surface area contributed by atoms with E-state index in [4.69, 9.17) is 11.6 Å². The SMILES string of the molecule is C=CCN(Cc1ccc(Cl)s1)C(=O)C1CCN(C2=NS(=O)(=O)c3ccccc32)CC1. The highest BCUT2D eigenvalue weighted by atomic mass is 35.5. The molecule has 2 aromatic rings. The second kappa shape index (κ2) is 8.53. The number of nitrogens with zero attached hydrogens (tertiary/aromatic N) is 3. The summed E-state index contributed by atoms with van der Waals surface area (Å²) in [5, 5.41) is 0. The van der Waals surface area contributed by atoms with E-state index in [1.807, 2.05) is 28.0 Å². The summed E-state index contributed by atoms with van der Waals surface area (Å²) in [5.41, 5.74) is 0.644. The monoisotopic (exact) mass is 463 g/mol. The van der Waals surface area contributed by atoms with Crippen LogP contribution in [0.5, 0.6) is 0 Å². The van der Waals surface area contributed by atoms with Crippen LogP contribution in [0.1, 0.15) is 23.3 Å². The highest BCUT2D eigenvalue weighted by Gasteiger charge is 2.35. The summed E-state index contributed by atoms with van der Waals surface area (Å²) in [4.78, 5) is 18.2. The number of hydrogen-bond acceptors (Lipinski definition) is 5. The molecular formula is C21H22ClN3O3S2. The first-order valence-electron chi connectivity index (χ1n) is 9.72. The van der Waals surface area contributed by atoms with Crippen LogP contribution >= 0.6 is 22.9 Å². The number of amides is 1. The summed E-state index contributed by atoms with van der Waals surface area (Å²) in [6.07, 6.45) is 3.04. The maximum atomic E-state index is 13.1. The van der Waals surface area contributed by atoms with Gasteiger partial charge in [0.1, 0.15) is 4.90 Å². The second-order valence-corrected chi connectivity index (χ2v) is 10.7. The zero-order valence-corrected chi connectivity index (χ0v) is 18.7. The Morgan fingerprint density at radius 2 is 2.00 bits per heavy atom. The van der Waals surface area contributed by atoms with E-state index in [1.54, 1.807) is 24.3 Å². The van der Waals surface area contributed by atoms with Crippen LogP contribution in [-0.2, 0) is 21.4 Å². The van der Waals surface area contributed by atoms with Crippen LogP contribution < -0.4 is 0 Å². The van der Waals surface area contributed by atoms with E-state index >= 15 is 0 Å². The Morgan fingerprint density at radius 1 is 1.27 bits per heavy atom. The Hall–Kier alpha value is -2.16. The molecule has 0 bridgehead atoms. The number of likely N-dealkylation sites (tertiary alicyclic amines) is 1. The number of carbonyl (C=O) groups is 1. The van der Waals surface area contributed by atoms with Crippen molar-refractivity contribution in [2.24, 2.45) is 10.3 Å². The molecule has 9 heteroatoms. The lowest BCUT2D eigenvalue weighted by Gasteiger charge is -2.35. The Morgan fingerprint density at radius 3 is 2.67 bits per heavy atom. The topological polar surface area (TPSA) is 70.1 Å². The molecule has 0 atom stereocenters. The van der Waals surface area contributed by atoms with E-state index in [0.717, 1.165) is 4.88 Å². The van der Waals surface area contributed by atoms with Gasteiger partial charge in [-0.2, -0.15) is 8.42 Å². The molecule has 30 heavy (non-hydrogen) atoms. The first kappa shape index (κ1) is 21.1. The number of piperidine rings is 1. The Balaban J connectivity index is 1.44. The molecule has 1 fully saturated rings. The van der Waals surface area contributed by atoms with Crippen LogP contribution in [0, 0.1) is 5.92 Å². The number of rotatable bonds is 5. The van der Waals surface area contributed by atoms with E-state index in [9.17, 15) is 13.2 Å². The third-order valence-electron chi connectivity index (χ3n) is 5.39. The number of halogens is 1. The highest BCUT2D eigenvalue weighted by Crippen LogP contribution is 2.30. The molecule has 4 rings (SSSR count). The van der Waals surface area contributed by atoms with Gasteiger partial charge in [0.15, 0.2) is 5.84 Å². The van der Waals surface area contributed by atoms with Gasteiger partial charge in [0.2, 0.25) is 5.91 Å². The van der Waals surface area contributed by atoms with Gasteiger partial charge in [-0.05, 0) is 37.1 Å². The van der Waals surface area contributed by atoms with Crippen LogP contribution in [0.2, 0.25) is 4.34 Å². The second-order valence-electron chi connectivity index (χ2n) is 7.36. The molecule has 0 spiro atoms. The fraction of sp³-hybridized carbons (Fsp3) is 0.333. The minimum atomic E-state index is -3.64. The van der Waals surface area contributed by atoms with Gasteiger partial charge in [0, 0.05) is 36.0 Å². The molecule has 0 radical (unpaired) electrons. The van der Waals surface area contributed by atoms with Gasteiger partial charge < -0.3 is 9.80 Å². The van der Waals surface area contributed by atoms with Gasteiger partial charge in [0.25, 0.3) is 10.0 Å². The first-order chi connectivity index (χ1) is 14.4. The lowest BCUT2D eigenvalue weighted by molar-refractivity contribution is -0.136. The molecular weight excluding hydrogens is 442 g/mol. The molecule has 1 aromatic carbocycles. The van der Waals surface area contributed by atoms with E-state index in [-0.39, 0.29) is 16.7 Å². The molecule has 6 nitrogen and oxygen atoms in total. The van der Waals surface area contributed by atoms with Gasteiger partial charge >= 0.3 is 0 Å². The van der Waals surface area contributed by atoms with Crippen LogP contribution in [0.15, 0.2) is 58.3 Å². The highest BCUT2D eigenvalue weighted by molar-refractivity contribution is 7.90. The molecule has 1 aromatic heterocycles. The largest absolute Gasteiger partial charge is 0.355 e. The average Bonchev–Trinajstić information content (AvgIpc) is 3.27. The Bertz CT molecular complexity index is 1100. The molecule has 1 saturated heterocycles.